The molecule has 13 heteroatoms. The zero-order chi connectivity index (χ0) is 25.7. The summed E-state index contributed by atoms with van der Waals surface area (Å²) < 4.78 is 70.2. The summed E-state index contributed by atoms with van der Waals surface area (Å²) in [6.07, 6.45) is 4.06. The summed E-state index contributed by atoms with van der Waals surface area (Å²) in [7, 11) is -2.84. The normalized spacial score (nSPS) is 19.8. The highest BCUT2D eigenvalue weighted by Gasteiger charge is 2.40. The number of aryl methyl sites for hydroxylation is 3. The zero-order valence-electron chi connectivity index (χ0n) is 19.9. The van der Waals surface area contributed by atoms with Crippen LogP contribution >= 0.6 is 0 Å². The Kier molecular flexibility index (Phi) is 6.39. The minimum absolute atomic E-state index is 0.0882. The molecule has 1 unspecified atom stereocenters. The van der Waals surface area contributed by atoms with Crippen molar-refractivity contribution < 1.29 is 26.4 Å². The smallest absolute Gasteiger partial charge is 0.307 e. The molecule has 2 aromatic rings. The molecule has 0 radical (unpaired) electrons. The predicted molar refractivity (Wildman–Crippen MR) is 128 cm³/mol. The van der Waals surface area contributed by atoms with Crippen LogP contribution in [-0.2, 0) is 42.9 Å². The lowest BCUT2D eigenvalue weighted by Gasteiger charge is -2.29. The van der Waals surface area contributed by atoms with E-state index in [-0.39, 0.29) is 25.2 Å². The molecule has 2 amide bonds. The van der Waals surface area contributed by atoms with Gasteiger partial charge in [-0.25, -0.2) is 13.8 Å². The first-order valence-electron chi connectivity index (χ1n) is 12.1. The van der Waals surface area contributed by atoms with Crippen LogP contribution in [0.15, 0.2) is 18.5 Å². The van der Waals surface area contributed by atoms with Crippen molar-refractivity contribution in [3.05, 3.63) is 40.7 Å². The maximum absolute atomic E-state index is 13.5. The number of nitrogens with one attached hydrogen (secondary N) is 2. The van der Waals surface area contributed by atoms with Crippen molar-refractivity contribution in [2.24, 2.45) is 7.05 Å². The van der Waals surface area contributed by atoms with Crippen molar-refractivity contribution in [3.63, 3.8) is 0 Å². The van der Waals surface area contributed by atoms with Gasteiger partial charge in [-0.3, -0.25) is 9.58 Å². The third-order valence-corrected chi connectivity index (χ3v) is 8.59. The Morgan fingerprint density at radius 2 is 1.83 bits per heavy atom. The molecular formula is C23H29F3N6O3S. The first-order valence-corrected chi connectivity index (χ1v) is 13.5. The summed E-state index contributed by atoms with van der Waals surface area (Å²) in [5.74, 6) is 0. The zero-order valence-corrected chi connectivity index (χ0v) is 20.8. The quantitative estimate of drug-likeness (QED) is 0.603. The van der Waals surface area contributed by atoms with Gasteiger partial charge in [-0.05, 0) is 67.2 Å². The number of likely N-dealkylation sites (tertiary alicyclic amines) is 1. The summed E-state index contributed by atoms with van der Waals surface area (Å²) in [6, 6.07) is 0.539. The molecule has 2 N–H and O–H groups in total. The lowest BCUT2D eigenvalue weighted by Crippen LogP contribution is -2.51. The van der Waals surface area contributed by atoms with Crippen molar-refractivity contribution in [2.45, 2.75) is 57.2 Å². The van der Waals surface area contributed by atoms with Gasteiger partial charge < -0.3 is 5.32 Å². The Hall–Kier alpha value is -2.80. The van der Waals surface area contributed by atoms with E-state index in [0.29, 0.717) is 5.69 Å². The maximum Gasteiger partial charge on any atom is 0.401 e. The molecule has 2 heterocycles. The van der Waals surface area contributed by atoms with E-state index in [1.54, 1.807) is 7.05 Å². The van der Waals surface area contributed by atoms with Crippen LogP contribution in [-0.4, -0.2) is 61.0 Å². The summed E-state index contributed by atoms with van der Waals surface area (Å²) in [4.78, 5) is 14.2. The number of hydrogen-bond acceptors (Lipinski definition) is 5. The number of anilines is 2. The monoisotopic (exact) mass is 526 g/mol. The number of carbonyl (C=O) groups is 1. The number of fused-ring (bicyclic) bond motifs is 2. The number of aromatic nitrogens is 2. The average molecular weight is 527 g/mol. The molecule has 1 aromatic carbocycles. The van der Waals surface area contributed by atoms with Crippen LogP contribution in [0, 0.1) is 0 Å². The molecule has 1 fully saturated rings. The van der Waals surface area contributed by atoms with Crippen LogP contribution in [0.4, 0.5) is 29.3 Å². The lowest BCUT2D eigenvalue weighted by molar-refractivity contribution is -0.143. The van der Waals surface area contributed by atoms with Crippen LogP contribution in [0.2, 0.25) is 0 Å². The van der Waals surface area contributed by atoms with E-state index in [0.717, 1.165) is 54.0 Å². The molecule has 2 aliphatic carbocycles. The molecular weight excluding hydrogens is 497 g/mol. The van der Waals surface area contributed by atoms with Crippen molar-refractivity contribution >= 4 is 27.6 Å². The van der Waals surface area contributed by atoms with Gasteiger partial charge in [0.05, 0.1) is 24.5 Å². The second-order valence-corrected chi connectivity index (χ2v) is 11.3. The van der Waals surface area contributed by atoms with Gasteiger partial charge in [0.1, 0.15) is 0 Å². The average Bonchev–Trinajstić information content (AvgIpc) is 3.54. The minimum atomic E-state index is -4.45. The fraction of sp³-hybridized carbons (Fsp3) is 0.565. The number of halogens is 3. The summed E-state index contributed by atoms with van der Waals surface area (Å²) >= 11 is 0. The number of nitrogens with zero attached hydrogens (tertiary/aromatic N) is 4. The molecule has 0 spiro atoms. The molecule has 3 aliphatic rings. The Morgan fingerprint density at radius 3 is 2.42 bits per heavy atom. The minimum Gasteiger partial charge on any atom is -0.307 e. The van der Waals surface area contributed by atoms with Crippen LogP contribution < -0.4 is 14.3 Å². The van der Waals surface area contributed by atoms with Gasteiger partial charge in [0.25, 0.3) is 0 Å². The first-order chi connectivity index (χ1) is 17.0. The number of rotatable bonds is 6. The Morgan fingerprint density at radius 1 is 1.17 bits per heavy atom. The number of urea groups is 1. The third-order valence-electron chi connectivity index (χ3n) is 7.12. The second-order valence-electron chi connectivity index (χ2n) is 9.76. The molecule has 0 saturated carbocycles. The van der Waals surface area contributed by atoms with Crippen molar-refractivity contribution in [1.82, 2.24) is 19.4 Å². The molecule has 9 nitrogen and oxygen atoms in total. The van der Waals surface area contributed by atoms with E-state index < -0.39 is 35.0 Å². The van der Waals surface area contributed by atoms with Gasteiger partial charge in [0, 0.05) is 32.0 Å². The maximum atomic E-state index is 13.5. The number of hydrogen-bond donors (Lipinski definition) is 2. The van der Waals surface area contributed by atoms with Gasteiger partial charge in [-0.2, -0.15) is 26.7 Å². The van der Waals surface area contributed by atoms with Gasteiger partial charge >= 0.3 is 22.4 Å². The summed E-state index contributed by atoms with van der Waals surface area (Å²) in [5, 5.41) is 6.82. The van der Waals surface area contributed by atoms with E-state index in [9.17, 15) is 26.4 Å². The molecule has 5 rings (SSSR count). The highest BCUT2D eigenvalue weighted by molar-refractivity contribution is 7.91. The molecule has 36 heavy (non-hydrogen) atoms. The van der Waals surface area contributed by atoms with E-state index in [4.69, 9.17) is 0 Å². The molecule has 1 aromatic heterocycles. The van der Waals surface area contributed by atoms with Crippen LogP contribution in [0.1, 0.15) is 41.5 Å². The highest BCUT2D eigenvalue weighted by Crippen LogP contribution is 2.38. The number of amides is 2. The highest BCUT2D eigenvalue weighted by atomic mass is 32.2. The van der Waals surface area contributed by atoms with Crippen LogP contribution in [0.3, 0.4) is 0 Å². The summed E-state index contributed by atoms with van der Waals surface area (Å²) in [6.45, 7) is -1.15. The predicted octanol–water partition coefficient (Wildman–Crippen LogP) is 2.91. The standard InChI is InChI=1S/C23H29F3N6O3S/c1-30-12-18(11-27-30)32(17-8-9-31(13-17)14-23(24,25)26)36(34,35)29-22(33)28-21-19-6-2-4-15(19)10-16-5-3-7-20(16)21/h10-12,17H,2-9,13-14H2,1H3,(H2,28,29,33). The van der Waals surface area contributed by atoms with Gasteiger partial charge in [-0.1, -0.05) is 6.07 Å². The SMILES string of the molecule is Cn1cc(N(C2CCN(CC(F)(F)F)C2)S(=O)(=O)NC(=O)Nc2c3c(cc4c2CCC4)CCC3)cn1. The Balaban J connectivity index is 1.38. The summed E-state index contributed by atoms with van der Waals surface area (Å²) in [5.41, 5.74) is 5.40. The topological polar surface area (TPSA) is 99.6 Å². The molecule has 1 atom stereocenters. The van der Waals surface area contributed by atoms with Gasteiger partial charge in [0.15, 0.2) is 0 Å². The molecule has 1 saturated heterocycles. The van der Waals surface area contributed by atoms with E-state index in [1.165, 1.54) is 33.1 Å². The number of benzene rings is 1. The Bertz CT molecular complexity index is 1240. The fourth-order valence-electron chi connectivity index (χ4n) is 5.74. The second kappa shape index (κ2) is 9.25. The van der Waals surface area contributed by atoms with Crippen molar-refractivity contribution in [1.29, 1.82) is 0 Å². The number of alkyl halides is 3. The molecule has 196 valence electrons. The molecule has 0 bridgehead atoms. The number of carbonyl (C=O) groups excluding carboxylic acids is 1. The van der Waals surface area contributed by atoms with E-state index >= 15 is 0 Å². The van der Waals surface area contributed by atoms with Crippen LogP contribution in [0.5, 0.6) is 0 Å². The third kappa shape index (κ3) is 5.03. The van der Waals surface area contributed by atoms with Crippen molar-refractivity contribution in [2.75, 3.05) is 29.3 Å². The van der Waals surface area contributed by atoms with Gasteiger partial charge in [-0.15, -0.1) is 0 Å². The van der Waals surface area contributed by atoms with E-state index in [1.807, 2.05) is 0 Å². The van der Waals surface area contributed by atoms with Gasteiger partial charge in [0.2, 0.25) is 0 Å². The fourth-order valence-corrected chi connectivity index (χ4v) is 7.06. The first kappa shape index (κ1) is 24.9. The van der Waals surface area contributed by atoms with Crippen LogP contribution in [0.25, 0.3) is 0 Å². The van der Waals surface area contributed by atoms with E-state index in [2.05, 4.69) is 21.2 Å². The molecule has 1 aliphatic heterocycles. The Labute approximate surface area is 207 Å². The van der Waals surface area contributed by atoms with Crippen molar-refractivity contribution in [3.8, 4) is 0 Å². The largest absolute Gasteiger partial charge is 0.401 e. The lowest BCUT2D eigenvalue weighted by atomic mass is 9.99.